The quantitative estimate of drug-likeness (QED) is 0.341. The Morgan fingerprint density at radius 3 is 1.83 bits per heavy atom. The van der Waals surface area contributed by atoms with E-state index in [9.17, 15) is 0 Å². The van der Waals surface area contributed by atoms with Crippen LogP contribution in [0, 0.1) is 0 Å². The second-order valence-electron chi connectivity index (χ2n) is 6.33. The lowest BCUT2D eigenvalue weighted by molar-refractivity contribution is 0.0392. The van der Waals surface area contributed by atoms with Gasteiger partial charge in [-0.25, -0.2) is 0 Å². The van der Waals surface area contributed by atoms with Crippen LogP contribution in [0.5, 0.6) is 0 Å². The van der Waals surface area contributed by atoms with Gasteiger partial charge in [-0.2, -0.15) is 0 Å². The van der Waals surface area contributed by atoms with Crippen molar-refractivity contribution in [3.63, 3.8) is 0 Å². The molecule has 0 atom stereocenters. The van der Waals surface area contributed by atoms with Crippen molar-refractivity contribution >= 4 is 0 Å². The molecular formula is C21H36O2. The molecule has 0 saturated carbocycles. The first-order valence-corrected chi connectivity index (χ1v) is 9.63. The van der Waals surface area contributed by atoms with Crippen molar-refractivity contribution in [1.82, 2.24) is 0 Å². The lowest BCUT2D eigenvalue weighted by Gasteiger charge is -2.06. The highest BCUT2D eigenvalue weighted by Gasteiger charge is 1.94. The van der Waals surface area contributed by atoms with Crippen molar-refractivity contribution in [2.75, 3.05) is 19.8 Å². The fourth-order valence-electron chi connectivity index (χ4n) is 2.68. The molecule has 0 spiro atoms. The maximum atomic E-state index is 5.62. The van der Waals surface area contributed by atoms with E-state index in [1.807, 2.05) is 18.2 Å². The van der Waals surface area contributed by atoms with E-state index < -0.39 is 0 Å². The zero-order valence-corrected chi connectivity index (χ0v) is 15.1. The largest absolute Gasteiger partial charge is 0.379 e. The van der Waals surface area contributed by atoms with Crippen LogP contribution in [0.3, 0.4) is 0 Å². The fourth-order valence-corrected chi connectivity index (χ4v) is 2.68. The number of rotatable bonds is 16. The average Bonchev–Trinajstić information content (AvgIpc) is 2.59. The van der Waals surface area contributed by atoms with Crippen molar-refractivity contribution in [2.45, 2.75) is 77.7 Å². The van der Waals surface area contributed by atoms with Crippen LogP contribution in [0.15, 0.2) is 30.3 Å². The molecule has 0 bridgehead atoms. The highest BCUT2D eigenvalue weighted by atomic mass is 16.5. The number of unbranched alkanes of at least 4 members (excludes halogenated alkanes) is 9. The van der Waals surface area contributed by atoms with Crippen molar-refractivity contribution < 1.29 is 9.47 Å². The van der Waals surface area contributed by atoms with Gasteiger partial charge in [0.15, 0.2) is 0 Å². The summed E-state index contributed by atoms with van der Waals surface area (Å²) in [5, 5.41) is 0. The van der Waals surface area contributed by atoms with Gasteiger partial charge in [-0.05, 0) is 12.0 Å². The third-order valence-corrected chi connectivity index (χ3v) is 4.13. The van der Waals surface area contributed by atoms with Crippen LogP contribution in [0.1, 0.15) is 76.7 Å². The molecule has 2 heteroatoms. The first kappa shape index (κ1) is 20.2. The van der Waals surface area contributed by atoms with Gasteiger partial charge in [-0.1, -0.05) is 95.0 Å². The van der Waals surface area contributed by atoms with Gasteiger partial charge in [-0.15, -0.1) is 0 Å². The molecule has 0 N–H and O–H groups in total. The zero-order chi connectivity index (χ0) is 16.4. The molecule has 0 aliphatic rings. The Kier molecular flexibility index (Phi) is 14.1. The Balaban J connectivity index is 1.72. The van der Waals surface area contributed by atoms with E-state index in [0.29, 0.717) is 19.8 Å². The minimum Gasteiger partial charge on any atom is -0.379 e. The molecule has 0 saturated heterocycles. The van der Waals surface area contributed by atoms with Gasteiger partial charge in [0.1, 0.15) is 0 Å². The summed E-state index contributed by atoms with van der Waals surface area (Å²) in [6, 6.07) is 10.3. The minimum atomic E-state index is 0.683. The molecule has 0 heterocycles. The van der Waals surface area contributed by atoms with Crippen LogP contribution in [0.25, 0.3) is 0 Å². The topological polar surface area (TPSA) is 18.5 Å². The smallest absolute Gasteiger partial charge is 0.0718 e. The molecule has 2 nitrogen and oxygen atoms in total. The number of benzene rings is 1. The average molecular weight is 321 g/mol. The molecule has 0 aromatic heterocycles. The van der Waals surface area contributed by atoms with E-state index in [1.54, 1.807) is 0 Å². The Morgan fingerprint density at radius 2 is 1.17 bits per heavy atom. The Hall–Kier alpha value is -0.860. The lowest BCUT2D eigenvalue weighted by Crippen LogP contribution is -2.05. The summed E-state index contributed by atoms with van der Waals surface area (Å²) in [5.41, 5.74) is 1.22. The molecule has 0 aliphatic heterocycles. The second-order valence-corrected chi connectivity index (χ2v) is 6.33. The van der Waals surface area contributed by atoms with Crippen LogP contribution < -0.4 is 0 Å². The maximum absolute atomic E-state index is 5.62. The predicted molar refractivity (Wildman–Crippen MR) is 98.8 cm³/mol. The van der Waals surface area contributed by atoms with Gasteiger partial charge in [-0.3, -0.25) is 0 Å². The van der Waals surface area contributed by atoms with Crippen molar-refractivity contribution in [3.8, 4) is 0 Å². The molecule has 0 radical (unpaired) electrons. The van der Waals surface area contributed by atoms with E-state index >= 15 is 0 Å². The molecule has 132 valence electrons. The van der Waals surface area contributed by atoms with Crippen LogP contribution in [0.2, 0.25) is 0 Å². The molecule has 1 aromatic rings. The van der Waals surface area contributed by atoms with Gasteiger partial charge >= 0.3 is 0 Å². The standard InChI is InChI=1S/C21H36O2/c1-2-3-4-5-6-7-8-9-10-14-17-22-18-19-23-20-21-15-12-11-13-16-21/h11-13,15-16H,2-10,14,17-20H2,1H3. The van der Waals surface area contributed by atoms with Crippen molar-refractivity contribution in [3.05, 3.63) is 35.9 Å². The maximum Gasteiger partial charge on any atom is 0.0718 e. The van der Waals surface area contributed by atoms with E-state index in [2.05, 4.69) is 19.1 Å². The van der Waals surface area contributed by atoms with E-state index in [0.717, 1.165) is 6.61 Å². The lowest BCUT2D eigenvalue weighted by atomic mass is 10.1. The second kappa shape index (κ2) is 16.0. The molecular weight excluding hydrogens is 284 g/mol. The summed E-state index contributed by atoms with van der Waals surface area (Å²) in [4.78, 5) is 0. The monoisotopic (exact) mass is 320 g/mol. The van der Waals surface area contributed by atoms with E-state index in [-0.39, 0.29) is 0 Å². The van der Waals surface area contributed by atoms with Gasteiger partial charge in [0.2, 0.25) is 0 Å². The summed E-state index contributed by atoms with van der Waals surface area (Å²) in [5.74, 6) is 0. The van der Waals surface area contributed by atoms with Crippen molar-refractivity contribution in [2.24, 2.45) is 0 Å². The Bertz CT molecular complexity index is 337. The third-order valence-electron chi connectivity index (χ3n) is 4.13. The zero-order valence-electron chi connectivity index (χ0n) is 15.1. The normalized spacial score (nSPS) is 11.0. The first-order chi connectivity index (χ1) is 11.4. The van der Waals surface area contributed by atoms with Crippen LogP contribution in [-0.4, -0.2) is 19.8 Å². The first-order valence-electron chi connectivity index (χ1n) is 9.63. The molecule has 23 heavy (non-hydrogen) atoms. The summed E-state index contributed by atoms with van der Waals surface area (Å²) < 4.78 is 11.2. The summed E-state index contributed by atoms with van der Waals surface area (Å²) >= 11 is 0. The molecule has 1 aromatic carbocycles. The highest BCUT2D eigenvalue weighted by Crippen LogP contribution is 2.10. The van der Waals surface area contributed by atoms with Gasteiger partial charge in [0.05, 0.1) is 19.8 Å². The number of ether oxygens (including phenoxy) is 2. The van der Waals surface area contributed by atoms with Gasteiger partial charge < -0.3 is 9.47 Å². The Labute approximate surface area is 143 Å². The fraction of sp³-hybridized carbons (Fsp3) is 0.714. The molecule has 0 fully saturated rings. The molecule has 0 amide bonds. The molecule has 0 unspecified atom stereocenters. The summed E-state index contributed by atoms with van der Waals surface area (Å²) in [7, 11) is 0. The van der Waals surface area contributed by atoms with Crippen LogP contribution in [-0.2, 0) is 16.1 Å². The Morgan fingerprint density at radius 1 is 0.609 bits per heavy atom. The van der Waals surface area contributed by atoms with Gasteiger partial charge in [0, 0.05) is 6.61 Å². The molecule has 1 rings (SSSR count). The van der Waals surface area contributed by atoms with E-state index in [1.165, 1.54) is 69.8 Å². The highest BCUT2D eigenvalue weighted by molar-refractivity contribution is 5.13. The van der Waals surface area contributed by atoms with Crippen LogP contribution >= 0.6 is 0 Å². The summed E-state index contributed by atoms with van der Waals surface area (Å²) in [6.07, 6.45) is 13.7. The number of hydrogen-bond donors (Lipinski definition) is 0. The van der Waals surface area contributed by atoms with Crippen molar-refractivity contribution in [1.29, 1.82) is 0 Å². The number of hydrogen-bond acceptors (Lipinski definition) is 2. The van der Waals surface area contributed by atoms with E-state index in [4.69, 9.17) is 9.47 Å². The molecule has 0 aliphatic carbocycles. The third kappa shape index (κ3) is 13.3. The SMILES string of the molecule is CCCCCCCCCCCCOCCOCc1ccccc1. The minimum absolute atomic E-state index is 0.683. The van der Waals surface area contributed by atoms with Gasteiger partial charge in [0.25, 0.3) is 0 Å². The predicted octanol–water partition coefficient (Wildman–Crippen LogP) is 6.14. The summed E-state index contributed by atoms with van der Waals surface area (Å²) in [6.45, 7) is 5.24. The van der Waals surface area contributed by atoms with Crippen LogP contribution in [0.4, 0.5) is 0 Å².